The van der Waals surface area contributed by atoms with E-state index in [1.807, 2.05) is 12.1 Å². The summed E-state index contributed by atoms with van der Waals surface area (Å²) in [6.45, 7) is 0. The number of carbonyl (C=O) groups excluding carboxylic acids is 1. The van der Waals surface area contributed by atoms with Gasteiger partial charge >= 0.3 is 0 Å². The van der Waals surface area contributed by atoms with E-state index in [0.717, 1.165) is 5.56 Å². The molecule has 0 aliphatic carbocycles. The van der Waals surface area contributed by atoms with Gasteiger partial charge in [0, 0.05) is 17.0 Å². The third-order valence-electron chi connectivity index (χ3n) is 2.89. The van der Waals surface area contributed by atoms with Crippen molar-refractivity contribution in [3.63, 3.8) is 0 Å². The van der Waals surface area contributed by atoms with Crippen LogP contribution in [0.1, 0.15) is 27.9 Å². The number of rotatable bonds is 4. The van der Waals surface area contributed by atoms with E-state index in [2.05, 4.69) is 6.07 Å². The van der Waals surface area contributed by atoms with Crippen LogP contribution >= 0.6 is 11.6 Å². The van der Waals surface area contributed by atoms with Crippen molar-refractivity contribution in [2.24, 2.45) is 0 Å². The second kappa shape index (κ2) is 6.17. The maximum atomic E-state index is 12.0. The van der Waals surface area contributed by atoms with Gasteiger partial charge in [-0.15, -0.1) is 0 Å². The van der Waals surface area contributed by atoms with Crippen molar-refractivity contribution in [3.05, 3.63) is 70.2 Å². The summed E-state index contributed by atoms with van der Waals surface area (Å²) < 4.78 is 0. The van der Waals surface area contributed by atoms with Gasteiger partial charge in [0.25, 0.3) is 0 Å². The quantitative estimate of drug-likeness (QED) is 0.787. The van der Waals surface area contributed by atoms with Crippen molar-refractivity contribution in [1.82, 2.24) is 0 Å². The highest BCUT2D eigenvalue weighted by molar-refractivity contribution is 6.30. The molecule has 94 valence electrons. The van der Waals surface area contributed by atoms with E-state index in [4.69, 9.17) is 16.9 Å². The fraction of sp³-hybridized carbons (Fsp3) is 0.125. The Kier molecular flexibility index (Phi) is 4.33. The van der Waals surface area contributed by atoms with Gasteiger partial charge in [0.15, 0.2) is 5.78 Å². The van der Waals surface area contributed by atoms with Crippen LogP contribution in [0.4, 0.5) is 0 Å². The summed E-state index contributed by atoms with van der Waals surface area (Å²) in [5, 5.41) is 9.33. The van der Waals surface area contributed by atoms with Crippen molar-refractivity contribution >= 4 is 17.4 Å². The van der Waals surface area contributed by atoms with Crippen LogP contribution < -0.4 is 0 Å². The highest BCUT2D eigenvalue weighted by Gasteiger charge is 2.06. The van der Waals surface area contributed by atoms with Gasteiger partial charge in [-0.1, -0.05) is 23.7 Å². The molecule has 0 fully saturated rings. The van der Waals surface area contributed by atoms with Crippen molar-refractivity contribution in [2.75, 3.05) is 0 Å². The predicted molar refractivity (Wildman–Crippen MR) is 75.3 cm³/mol. The van der Waals surface area contributed by atoms with E-state index >= 15 is 0 Å². The van der Waals surface area contributed by atoms with Gasteiger partial charge in [0.05, 0.1) is 11.6 Å². The molecule has 0 heterocycles. The normalized spacial score (nSPS) is 9.89. The van der Waals surface area contributed by atoms with Crippen LogP contribution in [0.5, 0.6) is 0 Å². The molecule has 0 spiro atoms. The number of halogens is 1. The van der Waals surface area contributed by atoms with Gasteiger partial charge < -0.3 is 0 Å². The van der Waals surface area contributed by atoms with Crippen LogP contribution in [0, 0.1) is 11.3 Å². The number of ketones is 1. The number of benzene rings is 2. The summed E-state index contributed by atoms with van der Waals surface area (Å²) in [7, 11) is 0. The number of nitriles is 1. The van der Waals surface area contributed by atoms with Crippen LogP contribution in [-0.4, -0.2) is 5.78 Å². The molecule has 0 atom stereocenters. The van der Waals surface area contributed by atoms with E-state index in [-0.39, 0.29) is 5.78 Å². The Morgan fingerprint density at radius 2 is 1.68 bits per heavy atom. The van der Waals surface area contributed by atoms with Gasteiger partial charge in [-0.3, -0.25) is 4.79 Å². The van der Waals surface area contributed by atoms with Crippen LogP contribution in [0.3, 0.4) is 0 Å². The zero-order valence-electron chi connectivity index (χ0n) is 10.3. The fourth-order valence-corrected chi connectivity index (χ4v) is 1.91. The number of hydrogen-bond acceptors (Lipinski definition) is 2. The maximum absolute atomic E-state index is 12.0. The molecule has 3 heteroatoms. The SMILES string of the molecule is N#Cc1ccc(CCC(=O)c2ccc(Cl)cc2)cc1. The number of nitrogens with zero attached hydrogens (tertiary/aromatic N) is 1. The van der Waals surface area contributed by atoms with E-state index in [1.165, 1.54) is 0 Å². The van der Waals surface area contributed by atoms with Gasteiger partial charge in [0.2, 0.25) is 0 Å². The Hall–Kier alpha value is -2.11. The third-order valence-corrected chi connectivity index (χ3v) is 3.14. The van der Waals surface area contributed by atoms with Gasteiger partial charge in [0.1, 0.15) is 0 Å². The van der Waals surface area contributed by atoms with E-state index in [0.29, 0.717) is 29.0 Å². The first-order chi connectivity index (χ1) is 9.19. The molecule has 0 unspecified atom stereocenters. The topological polar surface area (TPSA) is 40.9 Å². The minimum absolute atomic E-state index is 0.0982. The average molecular weight is 270 g/mol. The molecule has 19 heavy (non-hydrogen) atoms. The molecule has 0 bridgehead atoms. The first-order valence-electron chi connectivity index (χ1n) is 5.97. The van der Waals surface area contributed by atoms with Crippen LogP contribution in [0.25, 0.3) is 0 Å². The molecule has 2 aromatic carbocycles. The summed E-state index contributed by atoms with van der Waals surface area (Å²) in [6.07, 6.45) is 1.13. The number of carbonyl (C=O) groups is 1. The van der Waals surface area contributed by atoms with Crippen molar-refractivity contribution < 1.29 is 4.79 Å². The minimum atomic E-state index is 0.0982. The van der Waals surface area contributed by atoms with Crippen molar-refractivity contribution in [3.8, 4) is 6.07 Å². The minimum Gasteiger partial charge on any atom is -0.294 e. The molecule has 0 aliphatic rings. The first kappa shape index (κ1) is 13.3. The van der Waals surface area contributed by atoms with Crippen LogP contribution in [-0.2, 0) is 6.42 Å². The summed E-state index contributed by atoms with van der Waals surface area (Å²) in [5.74, 6) is 0.0982. The highest BCUT2D eigenvalue weighted by atomic mass is 35.5. The monoisotopic (exact) mass is 269 g/mol. The zero-order chi connectivity index (χ0) is 13.7. The van der Waals surface area contributed by atoms with E-state index in [9.17, 15) is 4.79 Å². The van der Waals surface area contributed by atoms with Gasteiger partial charge in [-0.2, -0.15) is 5.26 Å². The first-order valence-corrected chi connectivity index (χ1v) is 6.34. The van der Waals surface area contributed by atoms with Gasteiger partial charge in [-0.05, 0) is 48.4 Å². The molecule has 0 N–H and O–H groups in total. The molecule has 0 radical (unpaired) electrons. The lowest BCUT2D eigenvalue weighted by Gasteiger charge is -2.02. The molecule has 0 saturated carbocycles. The van der Waals surface area contributed by atoms with Crippen LogP contribution in [0.2, 0.25) is 5.02 Å². The molecule has 0 aromatic heterocycles. The lowest BCUT2D eigenvalue weighted by Crippen LogP contribution is -2.00. The molecule has 0 saturated heterocycles. The third kappa shape index (κ3) is 3.67. The summed E-state index contributed by atoms with van der Waals surface area (Å²) in [5.41, 5.74) is 2.37. The van der Waals surface area contributed by atoms with Crippen molar-refractivity contribution in [1.29, 1.82) is 5.26 Å². The standard InChI is InChI=1S/C16H12ClNO/c17-15-8-6-14(7-9-15)16(19)10-5-12-1-3-13(11-18)4-2-12/h1-4,6-9H,5,10H2. The largest absolute Gasteiger partial charge is 0.294 e. The molecule has 0 aliphatic heterocycles. The molecule has 0 amide bonds. The highest BCUT2D eigenvalue weighted by Crippen LogP contribution is 2.13. The van der Waals surface area contributed by atoms with E-state index < -0.39 is 0 Å². The number of aryl methyl sites for hydroxylation is 1. The number of Topliss-reactive ketones (excluding diaryl/α,β-unsaturated/α-hetero) is 1. The number of hydrogen-bond donors (Lipinski definition) is 0. The molecule has 2 aromatic rings. The molecule has 2 nitrogen and oxygen atoms in total. The summed E-state index contributed by atoms with van der Waals surface area (Å²) >= 11 is 5.78. The Morgan fingerprint density at radius 1 is 1.05 bits per heavy atom. The molecular weight excluding hydrogens is 258 g/mol. The van der Waals surface area contributed by atoms with Gasteiger partial charge in [-0.25, -0.2) is 0 Å². The fourth-order valence-electron chi connectivity index (χ4n) is 1.78. The smallest absolute Gasteiger partial charge is 0.163 e. The summed E-state index contributed by atoms with van der Waals surface area (Å²) in [4.78, 5) is 12.0. The second-order valence-corrected chi connectivity index (χ2v) is 4.68. The Morgan fingerprint density at radius 3 is 2.26 bits per heavy atom. The molecule has 2 rings (SSSR count). The Labute approximate surface area is 117 Å². The van der Waals surface area contributed by atoms with Crippen molar-refractivity contribution in [2.45, 2.75) is 12.8 Å². The zero-order valence-corrected chi connectivity index (χ0v) is 11.0. The Bertz CT molecular complexity index is 609. The van der Waals surface area contributed by atoms with Crippen LogP contribution in [0.15, 0.2) is 48.5 Å². The predicted octanol–water partition coefficient (Wildman–Crippen LogP) is 4.03. The second-order valence-electron chi connectivity index (χ2n) is 4.24. The average Bonchev–Trinajstić information content (AvgIpc) is 2.46. The maximum Gasteiger partial charge on any atom is 0.163 e. The Balaban J connectivity index is 1.96. The molecular formula is C16H12ClNO. The lowest BCUT2D eigenvalue weighted by molar-refractivity contribution is 0.0983. The summed E-state index contributed by atoms with van der Waals surface area (Å²) in [6, 6.07) is 16.3. The lowest BCUT2D eigenvalue weighted by atomic mass is 10.0. The van der Waals surface area contributed by atoms with E-state index in [1.54, 1.807) is 36.4 Å².